The van der Waals surface area contributed by atoms with Gasteiger partial charge in [-0.25, -0.2) is 4.57 Å². The number of esters is 1. The van der Waals surface area contributed by atoms with Crippen LogP contribution in [0.25, 0.3) is 0 Å². The molecule has 0 heterocycles. The molecule has 0 aromatic rings. The number of phosphoric acid groups is 1. The van der Waals surface area contributed by atoms with Gasteiger partial charge in [0.15, 0.2) is 0 Å². The summed E-state index contributed by atoms with van der Waals surface area (Å²) in [6.45, 7) is 6.92. The van der Waals surface area contributed by atoms with E-state index < -0.39 is 20.0 Å². The second-order valence-corrected chi connectivity index (χ2v) is 20.9. The second-order valence-electron chi connectivity index (χ2n) is 19.4. The summed E-state index contributed by atoms with van der Waals surface area (Å²) in [7, 11) is 1.48. The van der Waals surface area contributed by atoms with Gasteiger partial charge in [0.25, 0.3) is 0 Å². The Bertz CT molecular complexity index is 1260. The SMILES string of the molecule is CCCC/C=C\CCCCCCCC(=O)OC(/C=C/CCCCCCCCCCCCC)C(COP(=O)(O)OCC[N+](C)(C)C)NC(=O)CCCCCCCC/C=C/C=C/CCCCC. The van der Waals surface area contributed by atoms with E-state index in [9.17, 15) is 19.0 Å². The number of carbonyl (C=O) groups is 2. The molecule has 0 aromatic heterocycles. The number of ether oxygens (including phenoxy) is 1. The number of quaternary nitrogens is 1. The van der Waals surface area contributed by atoms with Crippen LogP contribution in [0.2, 0.25) is 0 Å². The van der Waals surface area contributed by atoms with Crippen LogP contribution >= 0.6 is 7.82 Å². The molecule has 0 rings (SSSR count). The molecule has 1 amide bonds. The van der Waals surface area contributed by atoms with Crippen molar-refractivity contribution in [1.29, 1.82) is 0 Å². The van der Waals surface area contributed by atoms with Crippen LogP contribution in [-0.4, -0.2) is 74.3 Å². The van der Waals surface area contributed by atoms with Crippen molar-refractivity contribution in [3.63, 3.8) is 0 Å². The number of rotatable bonds is 48. The van der Waals surface area contributed by atoms with E-state index in [-0.39, 0.29) is 31.5 Å². The summed E-state index contributed by atoms with van der Waals surface area (Å²) in [6, 6.07) is -0.855. The number of amides is 1. The molecule has 0 aromatic carbocycles. The Hall–Kier alpha value is -2.03. The van der Waals surface area contributed by atoms with E-state index in [0.717, 1.165) is 103 Å². The van der Waals surface area contributed by atoms with Crippen molar-refractivity contribution >= 4 is 19.7 Å². The number of nitrogens with zero attached hydrogens (tertiary/aromatic N) is 1. The van der Waals surface area contributed by atoms with E-state index in [1.54, 1.807) is 0 Å². The van der Waals surface area contributed by atoms with Gasteiger partial charge in [-0.1, -0.05) is 198 Å². The lowest BCUT2D eigenvalue weighted by Crippen LogP contribution is -2.47. The summed E-state index contributed by atoms with van der Waals surface area (Å²) in [5.41, 5.74) is 0. The summed E-state index contributed by atoms with van der Waals surface area (Å²) < 4.78 is 30.5. The maximum absolute atomic E-state index is 13.4. The predicted molar refractivity (Wildman–Crippen MR) is 277 cm³/mol. The normalized spacial score (nSPS) is 14.3. The number of carbonyl (C=O) groups excluding carboxylic acids is 2. The Balaban J connectivity index is 5.44. The van der Waals surface area contributed by atoms with Crippen LogP contribution in [0.5, 0.6) is 0 Å². The Labute approximate surface area is 401 Å². The van der Waals surface area contributed by atoms with Crippen molar-refractivity contribution in [3.8, 4) is 0 Å². The quantitative estimate of drug-likeness (QED) is 0.0156. The second kappa shape index (κ2) is 45.7. The monoisotopic (exact) mass is 936 g/mol. The first-order valence-corrected chi connectivity index (χ1v) is 28.5. The Morgan fingerprint density at radius 2 is 0.954 bits per heavy atom. The zero-order valence-electron chi connectivity index (χ0n) is 43.2. The number of likely N-dealkylation sites (N-methyl/N-ethyl adjacent to an activating group) is 1. The van der Waals surface area contributed by atoms with Gasteiger partial charge in [0, 0.05) is 12.8 Å². The Morgan fingerprint density at radius 3 is 1.48 bits per heavy atom. The lowest BCUT2D eigenvalue weighted by molar-refractivity contribution is -0.870. The third kappa shape index (κ3) is 46.9. The standard InChI is InChI=1S/C55H103N2O7P/c1-7-10-13-16-19-22-25-27-28-30-33-35-38-41-44-47-54(58)56-52(51-63-65(60,61)62-50-49-57(4,5)6)53(46-43-40-37-34-32-29-26-23-20-17-14-11-8-2)64-55(59)48-45-42-39-36-31-24-21-18-15-12-9-3/h18-19,21-22,25,27,43,46,52-53H,7-17,20,23-24,26,28-42,44-45,47-51H2,1-6H3,(H-,56,58,60,61)/p+1/b21-18-,22-19+,27-25+,46-43+. The first kappa shape index (κ1) is 63.0. The van der Waals surface area contributed by atoms with E-state index in [2.05, 4.69) is 62.5 Å². The van der Waals surface area contributed by atoms with Gasteiger partial charge in [0.2, 0.25) is 5.91 Å². The lowest BCUT2D eigenvalue weighted by atomic mass is 10.0. The zero-order chi connectivity index (χ0) is 48.0. The summed E-state index contributed by atoms with van der Waals surface area (Å²) in [6.07, 6.45) is 53.8. The fourth-order valence-corrected chi connectivity index (χ4v) is 8.23. The summed E-state index contributed by atoms with van der Waals surface area (Å²) >= 11 is 0. The minimum Gasteiger partial charge on any atom is -0.456 e. The van der Waals surface area contributed by atoms with Crippen molar-refractivity contribution in [2.45, 2.75) is 251 Å². The van der Waals surface area contributed by atoms with Crippen LogP contribution in [0.1, 0.15) is 239 Å². The van der Waals surface area contributed by atoms with Crippen molar-refractivity contribution in [1.82, 2.24) is 5.32 Å². The van der Waals surface area contributed by atoms with E-state index >= 15 is 0 Å². The third-order valence-corrected chi connectivity index (χ3v) is 12.8. The molecule has 0 aliphatic heterocycles. The van der Waals surface area contributed by atoms with Crippen LogP contribution < -0.4 is 5.32 Å². The lowest BCUT2D eigenvalue weighted by Gasteiger charge is -2.27. The number of unbranched alkanes of at least 4 members (excludes halogenated alkanes) is 27. The number of phosphoric ester groups is 1. The molecule has 65 heavy (non-hydrogen) atoms. The molecule has 3 unspecified atom stereocenters. The highest BCUT2D eigenvalue weighted by molar-refractivity contribution is 7.47. The van der Waals surface area contributed by atoms with Crippen LogP contribution in [0.3, 0.4) is 0 Å². The molecule has 0 saturated heterocycles. The first-order chi connectivity index (χ1) is 31.4. The van der Waals surface area contributed by atoms with Crippen LogP contribution in [0, 0.1) is 0 Å². The number of hydrogen-bond donors (Lipinski definition) is 2. The van der Waals surface area contributed by atoms with Gasteiger partial charge in [-0.3, -0.25) is 18.6 Å². The number of nitrogens with one attached hydrogen (secondary N) is 1. The van der Waals surface area contributed by atoms with E-state index in [4.69, 9.17) is 13.8 Å². The van der Waals surface area contributed by atoms with Crippen molar-refractivity contribution in [3.05, 3.63) is 48.6 Å². The van der Waals surface area contributed by atoms with Gasteiger partial charge in [-0.05, 0) is 76.7 Å². The van der Waals surface area contributed by atoms with Gasteiger partial charge in [-0.2, -0.15) is 0 Å². The fourth-order valence-electron chi connectivity index (χ4n) is 7.50. The molecule has 0 aliphatic rings. The van der Waals surface area contributed by atoms with Gasteiger partial charge < -0.3 is 19.4 Å². The summed E-state index contributed by atoms with van der Waals surface area (Å²) in [4.78, 5) is 37.4. The molecule has 3 atom stereocenters. The molecule has 0 fully saturated rings. The largest absolute Gasteiger partial charge is 0.472 e. The molecular formula is C55H104N2O7P+. The smallest absolute Gasteiger partial charge is 0.456 e. The molecule has 0 aliphatic carbocycles. The molecule has 0 spiro atoms. The van der Waals surface area contributed by atoms with E-state index in [1.807, 2.05) is 33.3 Å². The predicted octanol–water partition coefficient (Wildman–Crippen LogP) is 15.8. The number of allylic oxidation sites excluding steroid dienone is 7. The molecule has 0 radical (unpaired) electrons. The van der Waals surface area contributed by atoms with Gasteiger partial charge in [0.1, 0.15) is 19.3 Å². The Kier molecular flexibility index (Phi) is 44.3. The number of hydrogen-bond acceptors (Lipinski definition) is 6. The summed E-state index contributed by atoms with van der Waals surface area (Å²) in [5.74, 6) is -0.529. The van der Waals surface area contributed by atoms with Crippen molar-refractivity contribution in [2.75, 3.05) is 40.9 Å². The Morgan fingerprint density at radius 1 is 0.538 bits per heavy atom. The zero-order valence-corrected chi connectivity index (χ0v) is 44.1. The topological polar surface area (TPSA) is 111 Å². The third-order valence-electron chi connectivity index (χ3n) is 11.8. The minimum atomic E-state index is -4.44. The van der Waals surface area contributed by atoms with Crippen molar-refractivity contribution < 1.29 is 37.3 Å². The first-order valence-electron chi connectivity index (χ1n) is 27.0. The van der Waals surface area contributed by atoms with Gasteiger partial charge >= 0.3 is 13.8 Å². The average molecular weight is 936 g/mol. The molecule has 0 bridgehead atoms. The van der Waals surface area contributed by atoms with E-state index in [0.29, 0.717) is 17.4 Å². The van der Waals surface area contributed by atoms with Crippen LogP contribution in [-0.2, 0) is 27.9 Å². The molecule has 9 nitrogen and oxygen atoms in total. The van der Waals surface area contributed by atoms with Gasteiger partial charge in [0.05, 0.1) is 33.8 Å². The molecule has 2 N–H and O–H groups in total. The highest BCUT2D eigenvalue weighted by atomic mass is 31.2. The van der Waals surface area contributed by atoms with Crippen molar-refractivity contribution in [2.24, 2.45) is 0 Å². The molecule has 0 saturated carbocycles. The maximum Gasteiger partial charge on any atom is 0.472 e. The fraction of sp³-hybridized carbons (Fsp3) is 0.818. The molecule has 10 heteroatoms. The molecular weight excluding hydrogens is 832 g/mol. The van der Waals surface area contributed by atoms with Crippen LogP contribution in [0.4, 0.5) is 0 Å². The van der Waals surface area contributed by atoms with E-state index in [1.165, 1.54) is 103 Å². The molecule has 380 valence electrons. The maximum atomic E-state index is 13.4. The highest BCUT2D eigenvalue weighted by Crippen LogP contribution is 2.43. The minimum absolute atomic E-state index is 0.0362. The van der Waals surface area contributed by atoms with Gasteiger partial charge in [-0.15, -0.1) is 0 Å². The summed E-state index contributed by atoms with van der Waals surface area (Å²) in [5, 5.41) is 3.03. The average Bonchev–Trinajstić information content (AvgIpc) is 3.26. The highest BCUT2D eigenvalue weighted by Gasteiger charge is 2.30. The van der Waals surface area contributed by atoms with Crippen LogP contribution in [0.15, 0.2) is 48.6 Å².